The summed E-state index contributed by atoms with van der Waals surface area (Å²) in [6.07, 6.45) is -1.31. The average Bonchev–Trinajstić information content (AvgIpc) is 2.76. The van der Waals surface area contributed by atoms with Crippen molar-refractivity contribution in [1.82, 2.24) is 5.32 Å². The van der Waals surface area contributed by atoms with Gasteiger partial charge in [0.2, 0.25) is 6.41 Å². The molecule has 166 valence electrons. The number of azo groups is 1. The molecule has 9 nitrogen and oxygen atoms in total. The molecule has 0 heterocycles. The van der Waals surface area contributed by atoms with E-state index in [1.54, 1.807) is 50.4 Å². The van der Waals surface area contributed by atoms with Crippen LogP contribution in [0.15, 0.2) is 58.8 Å². The van der Waals surface area contributed by atoms with Crippen molar-refractivity contribution in [3.63, 3.8) is 0 Å². The number of hydrogen-bond donors (Lipinski definition) is 3. The first-order chi connectivity index (χ1) is 14.8. The van der Waals surface area contributed by atoms with Crippen LogP contribution in [0.4, 0.5) is 11.4 Å². The lowest BCUT2D eigenvalue weighted by Gasteiger charge is -2.15. The number of phenolic OH excluding ortho intramolecular Hbond substituents is 1. The van der Waals surface area contributed by atoms with Gasteiger partial charge in [-0.25, -0.2) is 4.79 Å². The maximum absolute atomic E-state index is 11.3. The van der Waals surface area contributed by atoms with Gasteiger partial charge in [-0.3, -0.25) is 5.32 Å². The molecule has 0 radical (unpaired) electrons. The van der Waals surface area contributed by atoms with E-state index in [1.807, 2.05) is 6.92 Å². The molecule has 9 heteroatoms. The molecular weight excluding hydrogens is 402 g/mol. The van der Waals surface area contributed by atoms with E-state index in [4.69, 9.17) is 14.2 Å². The molecule has 0 spiro atoms. The van der Waals surface area contributed by atoms with Crippen molar-refractivity contribution >= 4 is 17.3 Å². The summed E-state index contributed by atoms with van der Waals surface area (Å²) >= 11 is 0. The van der Waals surface area contributed by atoms with Gasteiger partial charge >= 0.3 is 5.97 Å². The van der Waals surface area contributed by atoms with Crippen LogP contribution in [0.5, 0.6) is 11.5 Å². The van der Waals surface area contributed by atoms with E-state index in [2.05, 4.69) is 22.1 Å². The van der Waals surface area contributed by atoms with E-state index in [0.29, 0.717) is 22.6 Å². The lowest BCUT2D eigenvalue weighted by Crippen LogP contribution is -2.34. The number of carbonyl (C=O) groups is 1. The summed E-state index contributed by atoms with van der Waals surface area (Å²) in [5.74, 6) is 0.113. The van der Waals surface area contributed by atoms with E-state index in [-0.39, 0.29) is 31.2 Å². The largest absolute Gasteiger partial charge is 0.505 e. The van der Waals surface area contributed by atoms with E-state index < -0.39 is 12.4 Å². The molecule has 0 aliphatic carbocycles. The monoisotopic (exact) mass is 429 g/mol. The first-order valence-corrected chi connectivity index (χ1v) is 9.54. The van der Waals surface area contributed by atoms with Gasteiger partial charge in [-0.05, 0) is 55.8 Å². The topological polar surface area (TPSA) is 122 Å². The average molecular weight is 429 g/mol. The van der Waals surface area contributed by atoms with Crippen LogP contribution >= 0.6 is 0 Å². The number of phenols is 1. The number of aromatic hydroxyl groups is 1. The third-order valence-electron chi connectivity index (χ3n) is 4.06. The number of benzene rings is 2. The number of methoxy groups -OCH3 is 1. The third-order valence-corrected chi connectivity index (χ3v) is 4.06. The van der Waals surface area contributed by atoms with Crippen LogP contribution in [0.1, 0.15) is 18.1 Å². The van der Waals surface area contributed by atoms with Crippen LogP contribution in [-0.4, -0.2) is 42.9 Å². The molecule has 2 rings (SSSR count). The standard InChI is InChI=1S/C22H27N3O6/c1-14(2)21(27)30-10-9-23-22(28)31-13-16-11-15(3)12-19(20(16)26)25-24-17-5-7-18(29-4)8-6-17/h5-8,11-12,22-23,26,28H,1,9-10,13H2,2-4H3. The molecule has 31 heavy (non-hydrogen) atoms. The lowest BCUT2D eigenvalue weighted by atomic mass is 10.1. The molecule has 1 atom stereocenters. The van der Waals surface area contributed by atoms with Gasteiger partial charge in [-0.15, -0.1) is 5.11 Å². The second-order valence-electron chi connectivity index (χ2n) is 6.72. The van der Waals surface area contributed by atoms with Crippen molar-refractivity contribution in [3.8, 4) is 11.5 Å². The number of nitrogens with zero attached hydrogens (tertiary/aromatic N) is 2. The van der Waals surface area contributed by atoms with E-state index >= 15 is 0 Å². The van der Waals surface area contributed by atoms with Crippen LogP contribution < -0.4 is 10.1 Å². The molecule has 2 aromatic carbocycles. The Kier molecular flexibility index (Phi) is 9.13. The summed E-state index contributed by atoms with van der Waals surface area (Å²) in [6, 6.07) is 10.4. The lowest BCUT2D eigenvalue weighted by molar-refractivity contribution is -0.143. The Morgan fingerprint density at radius 2 is 1.94 bits per heavy atom. The molecule has 0 bridgehead atoms. The minimum absolute atomic E-state index is 0.0533. The number of hydrogen-bond acceptors (Lipinski definition) is 9. The van der Waals surface area contributed by atoms with Crippen LogP contribution in [0.2, 0.25) is 0 Å². The minimum atomic E-state index is -1.31. The Hall–Kier alpha value is -3.27. The van der Waals surface area contributed by atoms with Gasteiger partial charge < -0.3 is 24.4 Å². The number of nitrogens with one attached hydrogen (secondary N) is 1. The molecule has 0 amide bonds. The molecule has 3 N–H and O–H groups in total. The fraction of sp³-hybridized carbons (Fsp3) is 0.318. The number of aryl methyl sites for hydroxylation is 1. The molecule has 0 saturated carbocycles. The quantitative estimate of drug-likeness (QED) is 0.164. The fourth-order valence-electron chi connectivity index (χ4n) is 2.46. The van der Waals surface area contributed by atoms with Crippen molar-refractivity contribution in [2.45, 2.75) is 26.9 Å². The van der Waals surface area contributed by atoms with Crippen LogP contribution in [0.25, 0.3) is 0 Å². The fourth-order valence-corrected chi connectivity index (χ4v) is 2.46. The second kappa shape index (κ2) is 11.8. The van der Waals surface area contributed by atoms with Gasteiger partial charge in [-0.1, -0.05) is 6.58 Å². The first-order valence-electron chi connectivity index (χ1n) is 9.54. The Labute approximate surface area is 181 Å². The van der Waals surface area contributed by atoms with Crippen molar-refractivity contribution < 1.29 is 29.2 Å². The molecule has 0 aliphatic heterocycles. The van der Waals surface area contributed by atoms with E-state index in [9.17, 15) is 15.0 Å². The Balaban J connectivity index is 1.93. The number of aliphatic hydroxyl groups is 1. The Morgan fingerprint density at radius 1 is 1.23 bits per heavy atom. The highest BCUT2D eigenvalue weighted by Crippen LogP contribution is 2.33. The van der Waals surface area contributed by atoms with Crippen LogP contribution in [-0.2, 0) is 20.9 Å². The van der Waals surface area contributed by atoms with E-state index in [0.717, 1.165) is 5.56 Å². The maximum Gasteiger partial charge on any atom is 0.333 e. The predicted octanol–water partition coefficient (Wildman–Crippen LogP) is 3.63. The van der Waals surface area contributed by atoms with Crippen molar-refractivity contribution in [1.29, 1.82) is 0 Å². The summed E-state index contributed by atoms with van der Waals surface area (Å²) in [6.45, 7) is 7.04. The zero-order chi connectivity index (χ0) is 22.8. The highest BCUT2D eigenvalue weighted by Gasteiger charge is 2.12. The summed E-state index contributed by atoms with van der Waals surface area (Å²) in [7, 11) is 1.58. The second-order valence-corrected chi connectivity index (χ2v) is 6.72. The van der Waals surface area contributed by atoms with Gasteiger partial charge in [0.15, 0.2) is 0 Å². The smallest absolute Gasteiger partial charge is 0.333 e. The third kappa shape index (κ3) is 7.82. The number of rotatable bonds is 11. The summed E-state index contributed by atoms with van der Waals surface area (Å²) in [5, 5.41) is 31.3. The summed E-state index contributed by atoms with van der Waals surface area (Å²) in [4.78, 5) is 11.3. The molecule has 0 aromatic heterocycles. The molecule has 0 fully saturated rings. The van der Waals surface area contributed by atoms with Gasteiger partial charge in [0.25, 0.3) is 0 Å². The van der Waals surface area contributed by atoms with Gasteiger partial charge in [0.1, 0.15) is 23.8 Å². The zero-order valence-electron chi connectivity index (χ0n) is 17.8. The minimum Gasteiger partial charge on any atom is -0.505 e. The highest BCUT2D eigenvalue weighted by atomic mass is 16.6. The molecule has 2 aromatic rings. The molecular formula is C22H27N3O6. The molecule has 0 saturated heterocycles. The van der Waals surface area contributed by atoms with Gasteiger partial charge in [0.05, 0.1) is 19.4 Å². The molecule has 0 aliphatic rings. The highest BCUT2D eigenvalue weighted by molar-refractivity contribution is 5.86. The van der Waals surface area contributed by atoms with Crippen molar-refractivity contribution in [3.05, 3.63) is 59.7 Å². The summed E-state index contributed by atoms with van der Waals surface area (Å²) < 4.78 is 15.3. The first kappa shape index (κ1) is 24.0. The number of carbonyl (C=O) groups excluding carboxylic acids is 1. The Bertz CT molecular complexity index is 928. The molecule has 1 unspecified atom stereocenters. The predicted molar refractivity (Wildman–Crippen MR) is 115 cm³/mol. The van der Waals surface area contributed by atoms with Crippen LogP contribution in [0, 0.1) is 6.92 Å². The van der Waals surface area contributed by atoms with Crippen molar-refractivity contribution in [2.24, 2.45) is 10.2 Å². The Morgan fingerprint density at radius 3 is 2.58 bits per heavy atom. The summed E-state index contributed by atoms with van der Waals surface area (Å²) in [5.41, 5.74) is 2.47. The zero-order valence-corrected chi connectivity index (χ0v) is 17.8. The van der Waals surface area contributed by atoms with E-state index in [1.165, 1.54) is 0 Å². The number of esters is 1. The van der Waals surface area contributed by atoms with Crippen molar-refractivity contribution in [2.75, 3.05) is 20.3 Å². The SMILES string of the molecule is C=C(C)C(=O)OCCNC(O)OCc1cc(C)cc(N=Nc2ccc(OC)cc2)c1O. The normalized spacial score (nSPS) is 12.0. The van der Waals surface area contributed by atoms with Gasteiger partial charge in [-0.2, -0.15) is 5.11 Å². The van der Waals surface area contributed by atoms with Crippen LogP contribution in [0.3, 0.4) is 0 Å². The van der Waals surface area contributed by atoms with Gasteiger partial charge in [0, 0.05) is 17.7 Å². The number of aliphatic hydroxyl groups excluding tert-OH is 1. The maximum atomic E-state index is 11.3. The number of ether oxygens (including phenoxy) is 3.